The number of allylic oxidation sites excluding steroid dienone is 3. The molecule has 0 aliphatic heterocycles. The Hall–Kier alpha value is -1.96. The van der Waals surface area contributed by atoms with Gasteiger partial charge in [0.2, 0.25) is 20.0 Å². The average Bonchev–Trinajstić information content (AvgIpc) is 3.63. The standard InChI is InChI=1S/C18H30N2O5S.C7H13Br.C7H15NO2S/c1-6-8-9-10-11-12-26(23,24)20-15(21)18(13-14(18)7-2)19-16(22)25-17(3,4)5;1-2-3-4-5-6-7-8;1-2-3-4-5-6-7-11(8,9)10/h6-7,14H,1-2,8-13H2,3-5H3,(H,19,22)(H,20,21);2H,1,3-7H2;2H,1,3-7H2,(H2,8,9,10)/t14-,18-;;/m1../s1. The molecule has 0 heterocycles. The van der Waals surface area contributed by atoms with Crippen molar-refractivity contribution >= 4 is 48.0 Å². The third-order valence-corrected chi connectivity index (χ3v) is 9.12. The molecule has 1 saturated carbocycles. The van der Waals surface area contributed by atoms with E-state index in [1.807, 2.05) is 12.2 Å². The lowest BCUT2D eigenvalue weighted by Crippen LogP contribution is -2.53. The molecule has 1 fully saturated rings. The largest absolute Gasteiger partial charge is 0.444 e. The number of unbranched alkanes of at least 4 members (excludes halogenated alkanes) is 9. The highest BCUT2D eigenvalue weighted by atomic mass is 79.9. The maximum Gasteiger partial charge on any atom is 0.408 e. The summed E-state index contributed by atoms with van der Waals surface area (Å²) in [6.07, 6.45) is 18.1. The van der Waals surface area contributed by atoms with E-state index >= 15 is 0 Å². The summed E-state index contributed by atoms with van der Waals surface area (Å²) < 4.78 is 52.4. The van der Waals surface area contributed by atoms with Crippen molar-refractivity contribution in [3.8, 4) is 0 Å². The predicted octanol–water partition coefficient (Wildman–Crippen LogP) is 6.80. The summed E-state index contributed by atoms with van der Waals surface area (Å²) >= 11 is 3.38. The van der Waals surface area contributed by atoms with Crippen molar-refractivity contribution in [3.63, 3.8) is 0 Å². The first-order chi connectivity index (χ1) is 20.9. The molecule has 2 amide bonds. The molecule has 1 aliphatic rings. The zero-order valence-corrected chi connectivity index (χ0v) is 30.9. The number of alkyl carbamates (subject to hydrolysis) is 1. The smallest absolute Gasteiger partial charge is 0.408 e. The zero-order valence-electron chi connectivity index (χ0n) is 27.7. The highest BCUT2D eigenvalue weighted by molar-refractivity contribution is 9.09. The molecule has 0 bridgehead atoms. The van der Waals surface area contributed by atoms with Crippen LogP contribution in [0, 0.1) is 5.92 Å². The number of ether oxygens (including phenoxy) is 1. The SMILES string of the molecule is C=CCCCCCBr.C=CCCCCCS(=O)(=O)NC(=O)[C@@]1(NC(=O)OC(C)(C)C)C[C@H]1C=C.C=CCCCCCS(N)(=O)=O. The van der Waals surface area contributed by atoms with E-state index in [9.17, 15) is 26.4 Å². The van der Waals surface area contributed by atoms with Crippen LogP contribution < -0.4 is 15.2 Å². The Kier molecular flexibility index (Phi) is 24.3. The first-order valence-electron chi connectivity index (χ1n) is 15.5. The van der Waals surface area contributed by atoms with Crippen molar-refractivity contribution in [2.45, 2.75) is 115 Å². The van der Waals surface area contributed by atoms with E-state index in [0.29, 0.717) is 12.8 Å². The molecule has 1 rings (SSSR count). The fourth-order valence-electron chi connectivity index (χ4n) is 3.89. The number of sulfonamides is 2. The molecule has 0 radical (unpaired) electrons. The number of alkyl halides is 1. The number of primary sulfonamides is 1. The van der Waals surface area contributed by atoms with E-state index in [-0.39, 0.29) is 23.8 Å². The van der Waals surface area contributed by atoms with Gasteiger partial charge in [0.25, 0.3) is 5.91 Å². The van der Waals surface area contributed by atoms with Gasteiger partial charge in [-0.15, -0.1) is 26.3 Å². The second kappa shape index (κ2) is 24.2. The van der Waals surface area contributed by atoms with Crippen molar-refractivity contribution < 1.29 is 31.2 Å². The van der Waals surface area contributed by atoms with E-state index in [2.05, 4.69) is 52.3 Å². The maximum atomic E-state index is 12.5. The van der Waals surface area contributed by atoms with Crippen LogP contribution in [0.4, 0.5) is 4.79 Å². The minimum atomic E-state index is -3.77. The van der Waals surface area contributed by atoms with Gasteiger partial charge in [0, 0.05) is 11.2 Å². The van der Waals surface area contributed by atoms with Gasteiger partial charge in [0.1, 0.15) is 11.1 Å². The predicted molar refractivity (Wildman–Crippen MR) is 190 cm³/mol. The molecular formula is C32H58BrN3O7S2. The average molecular weight is 741 g/mol. The van der Waals surface area contributed by atoms with Gasteiger partial charge in [-0.1, -0.05) is 59.5 Å². The fourth-order valence-corrected chi connectivity index (χ4v) is 6.04. The van der Waals surface area contributed by atoms with Crippen LogP contribution in [0.15, 0.2) is 50.6 Å². The summed E-state index contributed by atoms with van der Waals surface area (Å²) in [5.74, 6) is -1.13. The van der Waals surface area contributed by atoms with Gasteiger partial charge in [-0.2, -0.15) is 0 Å². The second-order valence-corrected chi connectivity index (χ2v) is 16.2. The number of carbonyl (C=O) groups excluding carboxylic acids is 2. The summed E-state index contributed by atoms with van der Waals surface area (Å²) in [5, 5.41) is 8.46. The maximum absolute atomic E-state index is 12.5. The van der Waals surface area contributed by atoms with Gasteiger partial charge in [-0.3, -0.25) is 9.52 Å². The molecule has 0 aromatic rings. The van der Waals surface area contributed by atoms with E-state index in [1.165, 1.54) is 31.8 Å². The summed E-state index contributed by atoms with van der Waals surface area (Å²) in [6, 6.07) is 0. The first kappa shape index (κ1) is 45.2. The first-order valence-corrected chi connectivity index (χ1v) is 20.0. The van der Waals surface area contributed by atoms with Crippen LogP contribution in [-0.2, 0) is 29.6 Å². The molecule has 0 aromatic carbocycles. The number of amides is 2. The monoisotopic (exact) mass is 739 g/mol. The summed E-state index contributed by atoms with van der Waals surface area (Å²) in [7, 11) is -7.00. The van der Waals surface area contributed by atoms with Gasteiger partial charge in [-0.25, -0.2) is 26.8 Å². The van der Waals surface area contributed by atoms with Crippen LogP contribution in [0.25, 0.3) is 0 Å². The molecule has 10 nitrogen and oxygen atoms in total. The molecular weight excluding hydrogens is 682 g/mol. The van der Waals surface area contributed by atoms with Gasteiger partial charge in [0.05, 0.1) is 11.5 Å². The third-order valence-electron chi connectivity index (χ3n) is 6.38. The van der Waals surface area contributed by atoms with E-state index < -0.39 is 43.2 Å². The highest BCUT2D eigenvalue weighted by Crippen LogP contribution is 2.45. The molecule has 45 heavy (non-hydrogen) atoms. The molecule has 13 heteroatoms. The number of carbonyl (C=O) groups is 2. The number of nitrogens with two attached hydrogens (primary N) is 1. The molecule has 0 unspecified atom stereocenters. The van der Waals surface area contributed by atoms with E-state index in [4.69, 9.17) is 9.88 Å². The lowest BCUT2D eigenvalue weighted by Gasteiger charge is -2.23. The Balaban J connectivity index is 0. The minimum Gasteiger partial charge on any atom is -0.444 e. The molecule has 0 spiro atoms. The number of halogens is 1. The molecule has 1 aliphatic carbocycles. The van der Waals surface area contributed by atoms with Gasteiger partial charge in [-0.05, 0) is 85.0 Å². The van der Waals surface area contributed by atoms with E-state index in [1.54, 1.807) is 26.8 Å². The Morgan fingerprint density at radius 1 is 0.844 bits per heavy atom. The van der Waals surface area contributed by atoms with Crippen LogP contribution in [0.1, 0.15) is 104 Å². The number of nitrogens with one attached hydrogen (secondary N) is 2. The van der Waals surface area contributed by atoms with Crippen LogP contribution in [0.2, 0.25) is 0 Å². The Labute approximate surface area is 282 Å². The topological polar surface area (TPSA) is 162 Å². The molecule has 0 aromatic heterocycles. The van der Waals surface area contributed by atoms with Crippen molar-refractivity contribution in [2.24, 2.45) is 11.1 Å². The van der Waals surface area contributed by atoms with Crippen LogP contribution in [-0.4, -0.2) is 56.8 Å². The summed E-state index contributed by atoms with van der Waals surface area (Å²) in [5.41, 5.74) is -2.04. The van der Waals surface area contributed by atoms with Crippen molar-refractivity contribution in [2.75, 3.05) is 16.8 Å². The molecule has 4 N–H and O–H groups in total. The molecule has 0 saturated heterocycles. The van der Waals surface area contributed by atoms with Gasteiger partial charge in [0.15, 0.2) is 0 Å². The van der Waals surface area contributed by atoms with Gasteiger partial charge >= 0.3 is 6.09 Å². The van der Waals surface area contributed by atoms with Crippen LogP contribution >= 0.6 is 15.9 Å². The normalized spacial score (nSPS) is 17.2. The summed E-state index contributed by atoms with van der Waals surface area (Å²) in [6.45, 7) is 19.6. The number of hydrogen-bond donors (Lipinski definition) is 3. The fraction of sp³-hybridized carbons (Fsp3) is 0.688. The lowest BCUT2D eigenvalue weighted by molar-refractivity contribution is -0.122. The zero-order chi connectivity index (χ0) is 35.0. The summed E-state index contributed by atoms with van der Waals surface area (Å²) in [4.78, 5) is 24.5. The number of hydrogen-bond acceptors (Lipinski definition) is 7. The van der Waals surface area contributed by atoms with Crippen molar-refractivity contribution in [3.05, 3.63) is 50.6 Å². The quantitative estimate of drug-likeness (QED) is 0.0663. The van der Waals surface area contributed by atoms with Crippen LogP contribution in [0.3, 0.4) is 0 Å². The van der Waals surface area contributed by atoms with Gasteiger partial charge < -0.3 is 10.1 Å². The van der Waals surface area contributed by atoms with E-state index in [0.717, 1.165) is 43.9 Å². The Morgan fingerprint density at radius 2 is 1.31 bits per heavy atom. The van der Waals surface area contributed by atoms with Crippen molar-refractivity contribution in [1.82, 2.24) is 10.0 Å². The van der Waals surface area contributed by atoms with Crippen molar-refractivity contribution in [1.29, 1.82) is 0 Å². The highest BCUT2D eigenvalue weighted by Gasteiger charge is 2.61. The third kappa shape index (κ3) is 25.9. The second-order valence-electron chi connectivity index (χ2n) is 11.9. The number of rotatable bonds is 21. The Morgan fingerprint density at radius 3 is 1.69 bits per heavy atom. The lowest BCUT2D eigenvalue weighted by atomic mass is 10.2. The minimum absolute atomic E-state index is 0.101. The molecule has 262 valence electrons. The van der Waals surface area contributed by atoms with Crippen LogP contribution in [0.5, 0.6) is 0 Å². The molecule has 2 atom stereocenters. The Bertz CT molecular complexity index is 1120.